The summed E-state index contributed by atoms with van der Waals surface area (Å²) in [4.78, 5) is 12.5. The first-order chi connectivity index (χ1) is 13.7. The van der Waals surface area contributed by atoms with Crippen LogP contribution in [0.3, 0.4) is 0 Å². The van der Waals surface area contributed by atoms with Crippen LogP contribution < -0.4 is 14.9 Å². The normalized spacial score (nSPS) is 10.6. The van der Waals surface area contributed by atoms with E-state index < -0.39 is 0 Å². The highest BCUT2D eigenvalue weighted by atomic mass is 35.5. The first-order valence-corrected chi connectivity index (χ1v) is 8.98. The number of para-hydroxylation sites is 1. The predicted octanol–water partition coefficient (Wildman–Crippen LogP) is 4.69. The molecule has 0 radical (unpaired) electrons. The molecule has 142 valence electrons. The molecule has 0 fully saturated rings. The molecule has 0 aliphatic carbocycles. The number of hydrogen-bond acceptors (Lipinski definition) is 4. The van der Waals surface area contributed by atoms with Crippen molar-refractivity contribution >= 4 is 23.7 Å². The highest BCUT2D eigenvalue weighted by Crippen LogP contribution is 2.22. The number of carbonyl (C=O) groups is 1. The van der Waals surface area contributed by atoms with E-state index in [1.807, 2.05) is 42.5 Å². The van der Waals surface area contributed by atoms with Crippen molar-refractivity contribution in [2.24, 2.45) is 5.10 Å². The van der Waals surface area contributed by atoms with Gasteiger partial charge in [0, 0.05) is 10.6 Å². The fourth-order valence-electron chi connectivity index (χ4n) is 2.50. The number of halogens is 1. The largest absolute Gasteiger partial charge is 0.497 e. The molecule has 0 aliphatic rings. The standard InChI is InChI=1S/C22H19ClN2O3/c1-27-18-9-6-7-16(13-18)14-24-25-22(26)19-10-3-5-12-21(19)28-15-17-8-2-4-11-20(17)23/h2-14H,15H2,1H3,(H,25,26)/b24-14-. The summed E-state index contributed by atoms with van der Waals surface area (Å²) in [6, 6.07) is 21.8. The summed E-state index contributed by atoms with van der Waals surface area (Å²) in [5, 5.41) is 4.63. The Kier molecular flexibility index (Phi) is 6.65. The van der Waals surface area contributed by atoms with E-state index in [4.69, 9.17) is 21.1 Å². The SMILES string of the molecule is COc1cccc(/C=N\NC(=O)c2ccccc2OCc2ccccc2Cl)c1. The van der Waals surface area contributed by atoms with Crippen molar-refractivity contribution in [3.8, 4) is 11.5 Å². The van der Waals surface area contributed by atoms with Crippen LogP contribution in [-0.4, -0.2) is 19.2 Å². The van der Waals surface area contributed by atoms with E-state index in [-0.39, 0.29) is 12.5 Å². The average molecular weight is 395 g/mol. The van der Waals surface area contributed by atoms with Crippen LogP contribution >= 0.6 is 11.6 Å². The molecule has 0 heterocycles. The number of hydrogen-bond donors (Lipinski definition) is 1. The Balaban J connectivity index is 1.66. The van der Waals surface area contributed by atoms with Crippen LogP contribution in [0.15, 0.2) is 77.9 Å². The minimum Gasteiger partial charge on any atom is -0.497 e. The number of nitrogens with one attached hydrogen (secondary N) is 1. The molecule has 0 bridgehead atoms. The van der Waals surface area contributed by atoms with Crippen molar-refractivity contribution in [3.05, 3.63) is 94.5 Å². The van der Waals surface area contributed by atoms with Gasteiger partial charge in [0.15, 0.2) is 0 Å². The second-order valence-corrected chi connectivity index (χ2v) is 6.26. The lowest BCUT2D eigenvalue weighted by atomic mass is 10.2. The number of methoxy groups -OCH3 is 1. The topological polar surface area (TPSA) is 59.9 Å². The summed E-state index contributed by atoms with van der Waals surface area (Å²) < 4.78 is 11.0. The fourth-order valence-corrected chi connectivity index (χ4v) is 2.69. The molecule has 0 aromatic heterocycles. The second kappa shape index (κ2) is 9.58. The fraction of sp³-hybridized carbons (Fsp3) is 0.0909. The number of benzene rings is 3. The molecule has 5 nitrogen and oxygen atoms in total. The molecular weight excluding hydrogens is 376 g/mol. The van der Waals surface area contributed by atoms with E-state index >= 15 is 0 Å². The van der Waals surface area contributed by atoms with Crippen LogP contribution in [0.5, 0.6) is 11.5 Å². The van der Waals surface area contributed by atoms with Crippen molar-refractivity contribution in [2.75, 3.05) is 7.11 Å². The van der Waals surface area contributed by atoms with Gasteiger partial charge in [0.1, 0.15) is 18.1 Å². The van der Waals surface area contributed by atoms with Crippen molar-refractivity contribution in [3.63, 3.8) is 0 Å². The Morgan fingerprint density at radius 2 is 1.86 bits per heavy atom. The van der Waals surface area contributed by atoms with Crippen molar-refractivity contribution < 1.29 is 14.3 Å². The third kappa shape index (κ3) is 5.11. The van der Waals surface area contributed by atoms with Gasteiger partial charge >= 0.3 is 0 Å². The lowest BCUT2D eigenvalue weighted by Gasteiger charge is -2.11. The van der Waals surface area contributed by atoms with E-state index in [0.717, 1.165) is 11.1 Å². The molecule has 3 rings (SSSR count). The zero-order chi connectivity index (χ0) is 19.8. The molecule has 0 unspecified atom stereocenters. The molecule has 0 saturated heterocycles. The van der Waals surface area contributed by atoms with Gasteiger partial charge in [-0.05, 0) is 35.9 Å². The maximum absolute atomic E-state index is 12.5. The van der Waals surface area contributed by atoms with E-state index in [0.29, 0.717) is 22.1 Å². The molecule has 1 amide bonds. The van der Waals surface area contributed by atoms with Crippen molar-refractivity contribution in [2.45, 2.75) is 6.61 Å². The van der Waals surface area contributed by atoms with Crippen LogP contribution in [0.4, 0.5) is 0 Å². The summed E-state index contributed by atoms with van der Waals surface area (Å²) in [7, 11) is 1.59. The second-order valence-electron chi connectivity index (χ2n) is 5.85. The molecule has 0 saturated carbocycles. The average Bonchev–Trinajstić information content (AvgIpc) is 2.73. The maximum atomic E-state index is 12.5. The number of ether oxygens (including phenoxy) is 2. The molecule has 3 aromatic carbocycles. The molecule has 28 heavy (non-hydrogen) atoms. The van der Waals surface area contributed by atoms with Gasteiger partial charge in [-0.3, -0.25) is 4.79 Å². The predicted molar refractivity (Wildman–Crippen MR) is 110 cm³/mol. The van der Waals surface area contributed by atoms with Crippen LogP contribution in [0, 0.1) is 0 Å². The number of carbonyl (C=O) groups excluding carboxylic acids is 1. The third-order valence-corrected chi connectivity index (χ3v) is 4.31. The summed E-state index contributed by atoms with van der Waals surface area (Å²) in [5.41, 5.74) is 4.56. The highest BCUT2D eigenvalue weighted by molar-refractivity contribution is 6.31. The lowest BCUT2D eigenvalue weighted by Crippen LogP contribution is -2.18. The summed E-state index contributed by atoms with van der Waals surface area (Å²) in [5.74, 6) is 0.805. The number of hydrazone groups is 1. The first kappa shape index (κ1) is 19.5. The number of nitrogens with zero attached hydrogens (tertiary/aromatic N) is 1. The minimum absolute atomic E-state index is 0.261. The van der Waals surface area contributed by atoms with Gasteiger partial charge < -0.3 is 9.47 Å². The first-order valence-electron chi connectivity index (χ1n) is 8.60. The van der Waals surface area contributed by atoms with Crippen LogP contribution in [-0.2, 0) is 6.61 Å². The molecule has 0 aliphatic heterocycles. The number of rotatable bonds is 7. The zero-order valence-corrected chi connectivity index (χ0v) is 16.0. The van der Waals surface area contributed by atoms with E-state index in [1.165, 1.54) is 0 Å². The zero-order valence-electron chi connectivity index (χ0n) is 15.3. The Hall–Kier alpha value is -3.31. The summed E-state index contributed by atoms with van der Waals surface area (Å²) in [6.07, 6.45) is 1.55. The summed E-state index contributed by atoms with van der Waals surface area (Å²) >= 11 is 6.15. The molecule has 1 N–H and O–H groups in total. The highest BCUT2D eigenvalue weighted by Gasteiger charge is 2.12. The molecule has 3 aromatic rings. The Labute approximate surface area is 168 Å². The Morgan fingerprint density at radius 3 is 2.68 bits per heavy atom. The molecule has 6 heteroatoms. The van der Waals surface area contributed by atoms with Gasteiger partial charge in [0.05, 0.1) is 18.9 Å². The van der Waals surface area contributed by atoms with Gasteiger partial charge in [0.2, 0.25) is 0 Å². The Morgan fingerprint density at radius 1 is 1.07 bits per heavy atom. The van der Waals surface area contributed by atoms with Gasteiger partial charge in [0.25, 0.3) is 5.91 Å². The van der Waals surface area contributed by atoms with Gasteiger partial charge in [-0.1, -0.05) is 54.1 Å². The van der Waals surface area contributed by atoms with Gasteiger partial charge in [-0.2, -0.15) is 5.10 Å². The lowest BCUT2D eigenvalue weighted by molar-refractivity contribution is 0.0950. The molecule has 0 spiro atoms. The smallest absolute Gasteiger partial charge is 0.275 e. The van der Waals surface area contributed by atoms with Gasteiger partial charge in [-0.15, -0.1) is 0 Å². The van der Waals surface area contributed by atoms with Gasteiger partial charge in [-0.25, -0.2) is 5.43 Å². The van der Waals surface area contributed by atoms with Crippen molar-refractivity contribution in [1.29, 1.82) is 0 Å². The quantitative estimate of drug-likeness (QED) is 0.467. The van der Waals surface area contributed by atoms with Crippen molar-refractivity contribution in [1.82, 2.24) is 5.43 Å². The molecular formula is C22H19ClN2O3. The van der Waals surface area contributed by atoms with E-state index in [2.05, 4.69) is 10.5 Å². The van der Waals surface area contributed by atoms with Crippen LogP contribution in [0.25, 0.3) is 0 Å². The molecule has 0 atom stereocenters. The van der Waals surface area contributed by atoms with Crippen LogP contribution in [0.2, 0.25) is 5.02 Å². The maximum Gasteiger partial charge on any atom is 0.275 e. The van der Waals surface area contributed by atoms with E-state index in [9.17, 15) is 4.79 Å². The number of amides is 1. The summed E-state index contributed by atoms with van der Waals surface area (Å²) in [6.45, 7) is 0.261. The monoisotopic (exact) mass is 394 g/mol. The van der Waals surface area contributed by atoms with Crippen LogP contribution in [0.1, 0.15) is 21.5 Å². The minimum atomic E-state index is -0.367. The Bertz CT molecular complexity index is 989. The third-order valence-electron chi connectivity index (χ3n) is 3.95. The van der Waals surface area contributed by atoms with E-state index in [1.54, 1.807) is 43.7 Å².